The molecule has 4 nitrogen and oxygen atoms in total. The molecule has 14 heavy (non-hydrogen) atoms. The summed E-state index contributed by atoms with van der Waals surface area (Å²) in [6.45, 7) is 0. The second-order valence-corrected chi connectivity index (χ2v) is 3.41. The van der Waals surface area contributed by atoms with Gasteiger partial charge in [0.05, 0.1) is 16.6 Å². The maximum atomic E-state index is 10.5. The normalized spacial score (nSPS) is 14.8. The minimum Gasteiger partial charge on any atom is -0.258 e. The first-order chi connectivity index (χ1) is 6.72. The third kappa shape index (κ3) is 1.44. The zero-order valence-electron chi connectivity index (χ0n) is 7.43. The van der Waals surface area contributed by atoms with Gasteiger partial charge in [0.2, 0.25) is 0 Å². The molecule has 0 amide bonds. The van der Waals surface area contributed by atoms with E-state index in [0.29, 0.717) is 11.5 Å². The van der Waals surface area contributed by atoms with Gasteiger partial charge in [-0.1, -0.05) is 6.07 Å². The van der Waals surface area contributed by atoms with E-state index in [-0.39, 0.29) is 5.69 Å². The van der Waals surface area contributed by atoms with Crippen molar-refractivity contribution in [1.29, 1.82) is 5.26 Å². The predicted molar refractivity (Wildman–Crippen MR) is 49.8 cm³/mol. The van der Waals surface area contributed by atoms with Crippen molar-refractivity contribution >= 4 is 5.69 Å². The van der Waals surface area contributed by atoms with Gasteiger partial charge in [0.1, 0.15) is 0 Å². The number of nitro groups is 1. The molecular formula is C10H8N2O2. The van der Waals surface area contributed by atoms with E-state index in [9.17, 15) is 10.1 Å². The van der Waals surface area contributed by atoms with Crippen molar-refractivity contribution in [1.82, 2.24) is 0 Å². The molecule has 1 aromatic rings. The predicted octanol–water partition coefficient (Wildman–Crippen LogP) is 2.34. The van der Waals surface area contributed by atoms with Crippen molar-refractivity contribution in [2.45, 2.75) is 18.8 Å². The van der Waals surface area contributed by atoms with E-state index in [4.69, 9.17) is 5.26 Å². The van der Waals surface area contributed by atoms with Crippen molar-refractivity contribution < 1.29 is 4.92 Å². The van der Waals surface area contributed by atoms with Crippen LogP contribution < -0.4 is 0 Å². The van der Waals surface area contributed by atoms with Crippen LogP contribution in [0.15, 0.2) is 18.2 Å². The van der Waals surface area contributed by atoms with Gasteiger partial charge in [0.15, 0.2) is 0 Å². The molecular weight excluding hydrogens is 180 g/mol. The smallest absolute Gasteiger partial charge is 0.258 e. The molecule has 0 aliphatic heterocycles. The van der Waals surface area contributed by atoms with E-state index >= 15 is 0 Å². The van der Waals surface area contributed by atoms with Crippen LogP contribution in [-0.2, 0) is 0 Å². The Morgan fingerprint density at radius 3 is 2.71 bits per heavy atom. The number of nitro benzene ring substituents is 1. The molecule has 0 heterocycles. The quantitative estimate of drug-likeness (QED) is 0.528. The molecule has 0 aromatic heterocycles. The van der Waals surface area contributed by atoms with E-state index in [1.54, 1.807) is 6.07 Å². The molecule has 1 saturated carbocycles. The van der Waals surface area contributed by atoms with Crippen LogP contribution in [0.4, 0.5) is 5.69 Å². The first-order valence-corrected chi connectivity index (χ1v) is 4.41. The fourth-order valence-corrected chi connectivity index (χ4v) is 1.50. The molecule has 2 rings (SSSR count). The SMILES string of the molecule is N#Cc1cc([N+](=O)[O-])ccc1C1CC1. The summed E-state index contributed by atoms with van der Waals surface area (Å²) in [5.41, 5.74) is 1.39. The van der Waals surface area contributed by atoms with Crippen LogP contribution in [0.5, 0.6) is 0 Å². The highest BCUT2D eigenvalue weighted by atomic mass is 16.6. The van der Waals surface area contributed by atoms with Crippen LogP contribution in [-0.4, -0.2) is 4.92 Å². The molecule has 1 aliphatic carbocycles. The number of rotatable bonds is 2. The third-order valence-corrected chi connectivity index (χ3v) is 2.39. The number of non-ortho nitro benzene ring substituents is 1. The Labute approximate surface area is 80.9 Å². The van der Waals surface area contributed by atoms with Crippen molar-refractivity contribution in [2.75, 3.05) is 0 Å². The Morgan fingerprint density at radius 2 is 2.21 bits per heavy atom. The van der Waals surface area contributed by atoms with Crippen LogP contribution in [0, 0.1) is 21.4 Å². The summed E-state index contributed by atoms with van der Waals surface area (Å²) < 4.78 is 0. The third-order valence-electron chi connectivity index (χ3n) is 2.39. The Morgan fingerprint density at radius 1 is 1.50 bits per heavy atom. The highest BCUT2D eigenvalue weighted by Gasteiger charge is 2.27. The van der Waals surface area contributed by atoms with E-state index in [1.165, 1.54) is 12.1 Å². The molecule has 1 aliphatic rings. The van der Waals surface area contributed by atoms with Gasteiger partial charge in [0.25, 0.3) is 5.69 Å². The van der Waals surface area contributed by atoms with Crippen molar-refractivity contribution in [2.24, 2.45) is 0 Å². The van der Waals surface area contributed by atoms with Gasteiger partial charge in [-0.2, -0.15) is 5.26 Å². The number of nitriles is 1. The van der Waals surface area contributed by atoms with E-state index in [1.807, 2.05) is 6.07 Å². The largest absolute Gasteiger partial charge is 0.270 e. The summed E-state index contributed by atoms with van der Waals surface area (Å²) in [5.74, 6) is 0.449. The molecule has 0 N–H and O–H groups in total. The van der Waals surface area contributed by atoms with Gasteiger partial charge in [0, 0.05) is 12.1 Å². The van der Waals surface area contributed by atoms with Gasteiger partial charge in [-0.25, -0.2) is 0 Å². The summed E-state index contributed by atoms with van der Waals surface area (Å²) in [6.07, 6.45) is 2.18. The van der Waals surface area contributed by atoms with Gasteiger partial charge < -0.3 is 0 Å². The standard InChI is InChI=1S/C10H8N2O2/c11-6-8-5-9(12(13)14)3-4-10(8)7-1-2-7/h3-5,7H,1-2H2. The van der Waals surface area contributed by atoms with Crippen LogP contribution in [0.2, 0.25) is 0 Å². The highest BCUT2D eigenvalue weighted by Crippen LogP contribution is 2.42. The average molecular weight is 188 g/mol. The molecule has 1 aromatic carbocycles. The van der Waals surface area contributed by atoms with Gasteiger partial charge in [-0.3, -0.25) is 10.1 Å². The molecule has 0 radical (unpaired) electrons. The Hall–Kier alpha value is -1.89. The Balaban J connectivity index is 2.45. The maximum absolute atomic E-state index is 10.5. The number of benzene rings is 1. The molecule has 0 spiro atoms. The summed E-state index contributed by atoms with van der Waals surface area (Å²) in [5, 5.41) is 19.3. The van der Waals surface area contributed by atoms with Crippen molar-refractivity contribution in [3.63, 3.8) is 0 Å². The minimum absolute atomic E-state index is 0.00838. The van der Waals surface area contributed by atoms with E-state index < -0.39 is 4.92 Å². The van der Waals surface area contributed by atoms with Crippen LogP contribution in [0.3, 0.4) is 0 Å². The van der Waals surface area contributed by atoms with Crippen molar-refractivity contribution in [3.8, 4) is 6.07 Å². The Kier molecular flexibility index (Phi) is 1.93. The number of nitrogens with zero attached hydrogens (tertiary/aromatic N) is 2. The van der Waals surface area contributed by atoms with E-state index in [2.05, 4.69) is 0 Å². The lowest BCUT2D eigenvalue weighted by Crippen LogP contribution is -1.92. The highest BCUT2D eigenvalue weighted by molar-refractivity contribution is 5.48. The van der Waals surface area contributed by atoms with Crippen LogP contribution in [0.25, 0.3) is 0 Å². The zero-order valence-corrected chi connectivity index (χ0v) is 7.43. The second-order valence-electron chi connectivity index (χ2n) is 3.41. The molecule has 4 heteroatoms. The average Bonchev–Trinajstić information content (AvgIpc) is 3.00. The summed E-state index contributed by atoms with van der Waals surface area (Å²) in [7, 11) is 0. The lowest BCUT2D eigenvalue weighted by atomic mass is 10.0. The fraction of sp³-hybridized carbons (Fsp3) is 0.300. The number of hydrogen-bond acceptors (Lipinski definition) is 3. The molecule has 0 unspecified atom stereocenters. The summed E-state index contributed by atoms with van der Waals surface area (Å²) in [6, 6.07) is 6.53. The van der Waals surface area contributed by atoms with Crippen LogP contribution in [0.1, 0.15) is 29.9 Å². The monoisotopic (exact) mass is 188 g/mol. The lowest BCUT2D eigenvalue weighted by molar-refractivity contribution is -0.384. The van der Waals surface area contributed by atoms with Gasteiger partial charge in [-0.05, 0) is 24.3 Å². The van der Waals surface area contributed by atoms with Crippen molar-refractivity contribution in [3.05, 3.63) is 39.4 Å². The molecule has 0 atom stereocenters. The molecule has 0 saturated heterocycles. The molecule has 70 valence electrons. The van der Waals surface area contributed by atoms with E-state index in [0.717, 1.165) is 18.4 Å². The minimum atomic E-state index is -0.475. The molecule has 1 fully saturated rings. The molecule has 0 bridgehead atoms. The Bertz CT molecular complexity index is 430. The second kappa shape index (κ2) is 3.11. The fourth-order valence-electron chi connectivity index (χ4n) is 1.50. The maximum Gasteiger partial charge on any atom is 0.270 e. The summed E-state index contributed by atoms with van der Waals surface area (Å²) >= 11 is 0. The lowest BCUT2D eigenvalue weighted by Gasteiger charge is -2.00. The van der Waals surface area contributed by atoms with Crippen LogP contribution >= 0.6 is 0 Å². The first-order valence-electron chi connectivity index (χ1n) is 4.41. The van der Waals surface area contributed by atoms with Gasteiger partial charge in [-0.15, -0.1) is 0 Å². The topological polar surface area (TPSA) is 66.9 Å². The zero-order chi connectivity index (χ0) is 10.1. The first kappa shape index (κ1) is 8.70. The summed E-state index contributed by atoms with van der Waals surface area (Å²) in [4.78, 5) is 9.99. The number of hydrogen-bond donors (Lipinski definition) is 0. The van der Waals surface area contributed by atoms with Gasteiger partial charge >= 0.3 is 0 Å².